The molecule has 0 bridgehead atoms. The lowest BCUT2D eigenvalue weighted by Gasteiger charge is -2.35. The highest BCUT2D eigenvalue weighted by Gasteiger charge is 2.28. The third-order valence-electron chi connectivity index (χ3n) is 3.48. The molecule has 102 valence electrons. The Labute approximate surface area is 113 Å². The molecule has 5 nitrogen and oxygen atoms in total. The van der Waals surface area contributed by atoms with Crippen LogP contribution in [0.25, 0.3) is 0 Å². The molecule has 0 amide bonds. The molecule has 1 atom stereocenters. The number of morpholine rings is 1. The number of nitrogens with zero attached hydrogens (tertiary/aromatic N) is 2. The summed E-state index contributed by atoms with van der Waals surface area (Å²) in [7, 11) is 0. The van der Waals surface area contributed by atoms with Gasteiger partial charge in [-0.1, -0.05) is 6.92 Å². The Morgan fingerprint density at radius 2 is 2.16 bits per heavy atom. The number of nitrogen functional groups attached to an aromatic ring is 1. The molecule has 2 aliphatic heterocycles. The quantitative estimate of drug-likeness (QED) is 0.783. The first-order valence-electron chi connectivity index (χ1n) is 6.75. The molecule has 0 saturated carbocycles. The van der Waals surface area contributed by atoms with Gasteiger partial charge in [-0.3, -0.25) is 0 Å². The van der Waals surface area contributed by atoms with E-state index in [1.165, 1.54) is 0 Å². The van der Waals surface area contributed by atoms with Crippen molar-refractivity contribution >= 4 is 17.2 Å². The topological polar surface area (TPSA) is 60.1 Å². The van der Waals surface area contributed by atoms with Gasteiger partial charge in [-0.2, -0.15) is 0 Å². The zero-order chi connectivity index (χ0) is 13.2. The maximum absolute atomic E-state index is 6.03. The zero-order valence-electron chi connectivity index (χ0n) is 11.1. The minimum atomic E-state index is 0.0224. The summed E-state index contributed by atoms with van der Waals surface area (Å²) >= 11 is 0. The number of fused-ring (bicyclic) bond motifs is 1. The van der Waals surface area contributed by atoms with E-state index in [4.69, 9.17) is 20.2 Å². The molecule has 3 rings (SSSR count). The van der Waals surface area contributed by atoms with E-state index >= 15 is 0 Å². The molecule has 1 fully saturated rings. The average Bonchev–Trinajstić information content (AvgIpc) is 2.46. The Morgan fingerprint density at radius 3 is 2.89 bits per heavy atom. The summed E-state index contributed by atoms with van der Waals surface area (Å²) in [6.45, 7) is 5.36. The Morgan fingerprint density at radius 1 is 1.37 bits per heavy atom. The van der Waals surface area contributed by atoms with Crippen molar-refractivity contribution in [3.05, 3.63) is 18.2 Å². The average molecular weight is 261 g/mol. The molecule has 1 unspecified atom stereocenters. The second-order valence-corrected chi connectivity index (χ2v) is 4.81. The lowest BCUT2D eigenvalue weighted by Crippen LogP contribution is -2.48. The van der Waals surface area contributed by atoms with Crippen molar-refractivity contribution in [2.75, 3.05) is 32.0 Å². The van der Waals surface area contributed by atoms with Gasteiger partial charge in [-0.15, -0.1) is 0 Å². The number of hydrogen-bond donors (Lipinski definition) is 1. The molecule has 19 heavy (non-hydrogen) atoms. The maximum atomic E-state index is 6.03. The van der Waals surface area contributed by atoms with Gasteiger partial charge in [0.2, 0.25) is 0 Å². The Balaban J connectivity index is 1.95. The van der Waals surface area contributed by atoms with Crippen LogP contribution in [-0.2, 0) is 4.74 Å². The number of benzene rings is 1. The molecule has 0 aliphatic carbocycles. The van der Waals surface area contributed by atoms with Crippen LogP contribution in [0.2, 0.25) is 0 Å². The fraction of sp³-hybridized carbons (Fsp3) is 0.500. The molecule has 1 aromatic rings. The van der Waals surface area contributed by atoms with E-state index in [0.717, 1.165) is 50.0 Å². The standard InChI is InChI=1S/C14H19N3O2/c1-2-12-14(17-5-7-18-8-6-17)16-11-9-10(15)3-4-13(11)19-12/h3-4,9,12H,2,5-8,15H2,1H3. The van der Waals surface area contributed by atoms with Gasteiger partial charge in [0.25, 0.3) is 0 Å². The minimum absolute atomic E-state index is 0.0224. The summed E-state index contributed by atoms with van der Waals surface area (Å²) in [4.78, 5) is 7.02. The SMILES string of the molecule is CCC1Oc2ccc(N)cc2N=C1N1CCOCC1. The van der Waals surface area contributed by atoms with Crippen LogP contribution >= 0.6 is 0 Å². The molecule has 5 heteroatoms. The fourth-order valence-electron chi connectivity index (χ4n) is 2.46. The molecule has 0 spiro atoms. The summed E-state index contributed by atoms with van der Waals surface area (Å²) in [5.74, 6) is 1.82. The maximum Gasteiger partial charge on any atom is 0.156 e. The molecule has 2 heterocycles. The van der Waals surface area contributed by atoms with Gasteiger partial charge in [0.05, 0.1) is 13.2 Å². The monoisotopic (exact) mass is 261 g/mol. The second-order valence-electron chi connectivity index (χ2n) is 4.81. The third-order valence-corrected chi connectivity index (χ3v) is 3.48. The highest BCUT2D eigenvalue weighted by molar-refractivity contribution is 5.92. The van der Waals surface area contributed by atoms with Crippen LogP contribution < -0.4 is 10.5 Å². The van der Waals surface area contributed by atoms with E-state index in [-0.39, 0.29) is 6.10 Å². The van der Waals surface area contributed by atoms with E-state index in [0.29, 0.717) is 5.69 Å². The van der Waals surface area contributed by atoms with Gasteiger partial charge < -0.3 is 20.1 Å². The van der Waals surface area contributed by atoms with Crippen molar-refractivity contribution in [2.24, 2.45) is 4.99 Å². The fourth-order valence-corrected chi connectivity index (χ4v) is 2.46. The van der Waals surface area contributed by atoms with Crippen molar-refractivity contribution in [1.82, 2.24) is 4.90 Å². The van der Waals surface area contributed by atoms with Crippen LogP contribution in [0.4, 0.5) is 11.4 Å². The first-order chi connectivity index (χ1) is 9.28. The lowest BCUT2D eigenvalue weighted by atomic mass is 10.1. The van der Waals surface area contributed by atoms with Crippen molar-refractivity contribution < 1.29 is 9.47 Å². The Bertz CT molecular complexity index is 495. The van der Waals surface area contributed by atoms with Crippen LogP contribution in [0.3, 0.4) is 0 Å². The van der Waals surface area contributed by atoms with Crippen LogP contribution in [0.1, 0.15) is 13.3 Å². The van der Waals surface area contributed by atoms with Gasteiger partial charge >= 0.3 is 0 Å². The minimum Gasteiger partial charge on any atom is -0.480 e. The first kappa shape index (κ1) is 12.3. The van der Waals surface area contributed by atoms with Gasteiger partial charge in [-0.05, 0) is 24.6 Å². The molecule has 2 N–H and O–H groups in total. The smallest absolute Gasteiger partial charge is 0.156 e. The summed E-state index contributed by atoms with van der Waals surface area (Å²) in [6.07, 6.45) is 0.925. The van der Waals surface area contributed by atoms with Crippen LogP contribution in [-0.4, -0.2) is 43.1 Å². The van der Waals surface area contributed by atoms with Crippen molar-refractivity contribution in [3.63, 3.8) is 0 Å². The van der Waals surface area contributed by atoms with E-state index in [1.807, 2.05) is 18.2 Å². The second kappa shape index (κ2) is 5.09. The summed E-state index contributed by atoms with van der Waals surface area (Å²) in [5.41, 5.74) is 7.35. The third kappa shape index (κ3) is 2.38. The van der Waals surface area contributed by atoms with Crippen molar-refractivity contribution in [1.29, 1.82) is 0 Å². The largest absolute Gasteiger partial charge is 0.480 e. The van der Waals surface area contributed by atoms with E-state index in [2.05, 4.69) is 11.8 Å². The molecular formula is C14H19N3O2. The molecule has 2 aliphatic rings. The molecule has 0 radical (unpaired) electrons. The van der Waals surface area contributed by atoms with Gasteiger partial charge in [0.1, 0.15) is 17.3 Å². The van der Waals surface area contributed by atoms with Crippen LogP contribution in [0, 0.1) is 0 Å². The van der Waals surface area contributed by atoms with Gasteiger partial charge in [0, 0.05) is 18.8 Å². The predicted octanol–water partition coefficient (Wildman–Crippen LogP) is 1.80. The molecule has 1 saturated heterocycles. The van der Waals surface area contributed by atoms with Crippen molar-refractivity contribution in [3.8, 4) is 5.75 Å². The van der Waals surface area contributed by atoms with Gasteiger partial charge in [0.15, 0.2) is 6.10 Å². The summed E-state index contributed by atoms with van der Waals surface area (Å²) in [5, 5.41) is 0. The first-order valence-corrected chi connectivity index (χ1v) is 6.75. The van der Waals surface area contributed by atoms with E-state index in [9.17, 15) is 0 Å². The van der Waals surface area contributed by atoms with Crippen LogP contribution in [0.15, 0.2) is 23.2 Å². The number of hydrogen-bond acceptors (Lipinski definition) is 5. The normalized spacial score (nSPS) is 22.5. The van der Waals surface area contributed by atoms with E-state index in [1.54, 1.807) is 0 Å². The number of ether oxygens (including phenoxy) is 2. The highest BCUT2D eigenvalue weighted by atomic mass is 16.5. The zero-order valence-corrected chi connectivity index (χ0v) is 11.1. The molecule has 1 aromatic carbocycles. The Kier molecular flexibility index (Phi) is 3.29. The number of aliphatic imine (C=N–C) groups is 1. The lowest BCUT2D eigenvalue weighted by molar-refractivity contribution is 0.0627. The van der Waals surface area contributed by atoms with Crippen LogP contribution in [0.5, 0.6) is 5.75 Å². The van der Waals surface area contributed by atoms with Gasteiger partial charge in [-0.25, -0.2) is 4.99 Å². The highest BCUT2D eigenvalue weighted by Crippen LogP contribution is 2.35. The number of nitrogens with two attached hydrogens (primary N) is 1. The Hall–Kier alpha value is -1.75. The number of anilines is 1. The van der Waals surface area contributed by atoms with E-state index < -0.39 is 0 Å². The summed E-state index contributed by atoms with van der Waals surface area (Å²) < 4.78 is 11.4. The summed E-state index contributed by atoms with van der Waals surface area (Å²) in [6, 6.07) is 5.61. The number of rotatable bonds is 1. The van der Waals surface area contributed by atoms with Crippen molar-refractivity contribution in [2.45, 2.75) is 19.4 Å². The molecule has 0 aromatic heterocycles. The molecular weight excluding hydrogens is 242 g/mol. The number of amidine groups is 1. The predicted molar refractivity (Wildman–Crippen MR) is 75.0 cm³/mol.